The maximum Gasteiger partial charge on any atom is 0.318 e. The molecule has 2 atom stereocenters. The molecule has 2 rings (SSSR count). The van der Waals surface area contributed by atoms with Crippen molar-refractivity contribution in [2.75, 3.05) is 19.6 Å². The van der Waals surface area contributed by atoms with E-state index in [1.807, 2.05) is 27.7 Å². The molecule has 1 saturated heterocycles. The van der Waals surface area contributed by atoms with E-state index in [4.69, 9.17) is 5.73 Å². The fraction of sp³-hybridized carbons (Fsp3) is 0.818. The lowest BCUT2D eigenvalue weighted by molar-refractivity contribution is -0.131. The van der Waals surface area contributed by atoms with Gasteiger partial charge in [0.2, 0.25) is 11.8 Å². The number of primary amides is 1. The van der Waals surface area contributed by atoms with Gasteiger partial charge in [-0.15, -0.1) is 0 Å². The lowest BCUT2D eigenvalue weighted by atomic mass is 9.84. The molecule has 1 heterocycles. The molecule has 2 fully saturated rings. The molecule has 1 aliphatic carbocycles. The first-order valence-corrected chi connectivity index (χ1v) is 11.8. The second-order valence-electron chi connectivity index (χ2n) is 9.57. The summed E-state index contributed by atoms with van der Waals surface area (Å²) in [5.74, 6) is -0.695. The van der Waals surface area contributed by atoms with Crippen LogP contribution in [0.2, 0.25) is 0 Å². The maximum atomic E-state index is 13.2. The minimum Gasteiger partial charge on any atom is -0.368 e. The van der Waals surface area contributed by atoms with Crippen molar-refractivity contribution in [2.45, 2.75) is 90.4 Å². The number of piperazine rings is 1. The van der Waals surface area contributed by atoms with Gasteiger partial charge < -0.3 is 31.5 Å². The number of amides is 6. The highest BCUT2D eigenvalue weighted by atomic mass is 16.2. The van der Waals surface area contributed by atoms with E-state index in [1.165, 1.54) is 16.2 Å². The molecule has 182 valence electrons. The van der Waals surface area contributed by atoms with E-state index in [0.29, 0.717) is 18.9 Å². The molecule has 10 nitrogen and oxygen atoms in total. The third-order valence-electron chi connectivity index (χ3n) is 6.01. The van der Waals surface area contributed by atoms with Crippen molar-refractivity contribution in [3.8, 4) is 0 Å². The van der Waals surface area contributed by atoms with Gasteiger partial charge >= 0.3 is 12.1 Å². The Kier molecular flexibility index (Phi) is 9.59. The van der Waals surface area contributed by atoms with E-state index in [0.717, 1.165) is 25.7 Å². The van der Waals surface area contributed by atoms with Gasteiger partial charge in [-0.1, -0.05) is 32.1 Å². The molecule has 2 aliphatic rings. The molecule has 0 radical (unpaired) electrons. The van der Waals surface area contributed by atoms with E-state index in [1.54, 1.807) is 0 Å². The van der Waals surface area contributed by atoms with Crippen LogP contribution in [0.15, 0.2) is 0 Å². The fourth-order valence-electron chi connectivity index (χ4n) is 4.37. The van der Waals surface area contributed by atoms with Crippen molar-refractivity contribution in [1.29, 1.82) is 0 Å². The summed E-state index contributed by atoms with van der Waals surface area (Å²) in [6.45, 7) is 7.97. The number of nitrogens with two attached hydrogens (primary N) is 1. The second-order valence-corrected chi connectivity index (χ2v) is 9.57. The molecule has 1 saturated carbocycles. The average molecular weight is 453 g/mol. The Labute approximate surface area is 191 Å². The Hall–Kier alpha value is -2.52. The Morgan fingerprint density at radius 2 is 1.47 bits per heavy atom. The first-order chi connectivity index (χ1) is 15.1. The number of carbonyl (C=O) groups excluding carboxylic acids is 4. The summed E-state index contributed by atoms with van der Waals surface area (Å²) in [7, 11) is 0. The summed E-state index contributed by atoms with van der Waals surface area (Å²) >= 11 is 0. The predicted octanol–water partition coefficient (Wildman–Crippen LogP) is 1.15. The van der Waals surface area contributed by atoms with Crippen LogP contribution in [-0.4, -0.2) is 77.5 Å². The van der Waals surface area contributed by atoms with Crippen LogP contribution in [0.25, 0.3) is 0 Å². The average Bonchev–Trinajstić information content (AvgIpc) is 2.72. The van der Waals surface area contributed by atoms with Crippen molar-refractivity contribution in [3.05, 3.63) is 0 Å². The minimum atomic E-state index is -0.909. The van der Waals surface area contributed by atoms with Gasteiger partial charge in [-0.3, -0.25) is 9.59 Å². The molecular weight excluding hydrogens is 412 g/mol. The minimum absolute atomic E-state index is 0.0464. The Morgan fingerprint density at radius 1 is 0.875 bits per heavy atom. The molecule has 0 aromatic rings. The number of urea groups is 2. The monoisotopic (exact) mass is 452 g/mol. The van der Waals surface area contributed by atoms with Gasteiger partial charge in [-0.05, 0) is 40.0 Å². The fourth-order valence-corrected chi connectivity index (χ4v) is 4.37. The van der Waals surface area contributed by atoms with Gasteiger partial charge in [0.25, 0.3) is 0 Å². The maximum absolute atomic E-state index is 13.2. The van der Waals surface area contributed by atoms with Crippen molar-refractivity contribution >= 4 is 23.9 Å². The van der Waals surface area contributed by atoms with Gasteiger partial charge in [-0.25, -0.2) is 9.59 Å². The molecule has 32 heavy (non-hydrogen) atoms. The van der Waals surface area contributed by atoms with Gasteiger partial charge in [0, 0.05) is 25.2 Å². The topological polar surface area (TPSA) is 137 Å². The zero-order chi connectivity index (χ0) is 23.8. The van der Waals surface area contributed by atoms with Crippen LogP contribution in [0.3, 0.4) is 0 Å². The smallest absolute Gasteiger partial charge is 0.318 e. The molecule has 0 aromatic carbocycles. The molecule has 6 amide bonds. The molecule has 0 spiro atoms. The van der Waals surface area contributed by atoms with Crippen molar-refractivity contribution in [3.63, 3.8) is 0 Å². The molecule has 10 heteroatoms. The second kappa shape index (κ2) is 11.9. The Bertz CT molecular complexity index is 677. The zero-order valence-electron chi connectivity index (χ0n) is 19.9. The summed E-state index contributed by atoms with van der Waals surface area (Å²) in [4.78, 5) is 53.6. The quantitative estimate of drug-likeness (QED) is 0.460. The van der Waals surface area contributed by atoms with Gasteiger partial charge in [0.05, 0.1) is 6.54 Å². The Morgan fingerprint density at radius 3 is 2.03 bits per heavy atom. The van der Waals surface area contributed by atoms with Gasteiger partial charge in [0.15, 0.2) is 0 Å². The van der Waals surface area contributed by atoms with Gasteiger partial charge in [0.1, 0.15) is 12.1 Å². The van der Waals surface area contributed by atoms with Crippen LogP contribution in [-0.2, 0) is 9.59 Å². The highest BCUT2D eigenvalue weighted by Crippen LogP contribution is 2.27. The van der Waals surface area contributed by atoms with Crippen LogP contribution in [0, 0.1) is 5.92 Å². The summed E-state index contributed by atoms with van der Waals surface area (Å²) in [6.07, 6.45) is 5.99. The highest BCUT2D eigenvalue weighted by Gasteiger charge is 2.38. The number of hydrogen-bond acceptors (Lipinski definition) is 4. The number of nitrogens with one attached hydrogen (secondary N) is 3. The first kappa shape index (κ1) is 25.7. The van der Waals surface area contributed by atoms with E-state index in [9.17, 15) is 19.2 Å². The van der Waals surface area contributed by atoms with Crippen molar-refractivity contribution < 1.29 is 19.2 Å². The number of nitrogens with zero attached hydrogens (tertiary/aromatic N) is 2. The third kappa shape index (κ3) is 7.56. The van der Waals surface area contributed by atoms with Crippen molar-refractivity contribution in [1.82, 2.24) is 25.8 Å². The van der Waals surface area contributed by atoms with E-state index < -0.39 is 23.9 Å². The van der Waals surface area contributed by atoms with Crippen LogP contribution >= 0.6 is 0 Å². The SMILES string of the molecule is CC(C)NC(=O)N1CCN(C(=O)NC(C)C)C(C(=O)NC(CC2CCCCC2)C(N)=O)C1. The third-order valence-corrected chi connectivity index (χ3v) is 6.01. The number of rotatable bonds is 7. The van der Waals surface area contributed by atoms with Crippen molar-refractivity contribution in [2.24, 2.45) is 11.7 Å². The van der Waals surface area contributed by atoms with E-state index in [2.05, 4.69) is 16.0 Å². The van der Waals surface area contributed by atoms with Crippen LogP contribution in [0.4, 0.5) is 9.59 Å². The van der Waals surface area contributed by atoms with E-state index >= 15 is 0 Å². The lowest BCUT2D eigenvalue weighted by Crippen LogP contribution is -2.65. The van der Waals surface area contributed by atoms with E-state index in [-0.39, 0.29) is 37.2 Å². The standard InChI is InChI=1S/C22H40N6O4/c1-14(2)24-21(31)27-10-11-28(22(32)25-15(3)4)18(13-27)20(30)26-17(19(23)29)12-16-8-6-5-7-9-16/h14-18H,5-13H2,1-4H3,(H2,23,29)(H,24,31)(H,25,32)(H,26,30). The molecule has 0 aromatic heterocycles. The Balaban J connectivity index is 2.13. The number of hydrogen-bond donors (Lipinski definition) is 4. The number of carbonyl (C=O) groups is 4. The lowest BCUT2D eigenvalue weighted by Gasteiger charge is -2.41. The predicted molar refractivity (Wildman–Crippen MR) is 122 cm³/mol. The van der Waals surface area contributed by atoms with Crippen LogP contribution in [0.5, 0.6) is 0 Å². The normalized spacial score (nSPS) is 20.8. The largest absolute Gasteiger partial charge is 0.368 e. The summed E-state index contributed by atoms with van der Waals surface area (Å²) < 4.78 is 0. The first-order valence-electron chi connectivity index (χ1n) is 11.8. The molecule has 5 N–H and O–H groups in total. The highest BCUT2D eigenvalue weighted by molar-refractivity contribution is 5.92. The summed E-state index contributed by atoms with van der Waals surface area (Å²) in [5.41, 5.74) is 5.60. The van der Waals surface area contributed by atoms with Crippen LogP contribution in [0.1, 0.15) is 66.2 Å². The molecule has 2 unspecified atom stereocenters. The summed E-state index contributed by atoms with van der Waals surface area (Å²) in [6, 6.07) is -2.50. The zero-order valence-corrected chi connectivity index (χ0v) is 19.9. The molecule has 0 bridgehead atoms. The van der Waals surface area contributed by atoms with Crippen LogP contribution < -0.4 is 21.7 Å². The molecular formula is C22H40N6O4. The summed E-state index contributed by atoms with van der Waals surface area (Å²) in [5, 5.41) is 8.41. The van der Waals surface area contributed by atoms with Gasteiger partial charge in [-0.2, -0.15) is 0 Å². The molecule has 1 aliphatic heterocycles.